The van der Waals surface area contributed by atoms with Gasteiger partial charge in [0.05, 0.1) is 0 Å². The third kappa shape index (κ3) is 4.56. The molecule has 2 amide bonds. The Labute approximate surface area is 125 Å². The highest BCUT2D eigenvalue weighted by molar-refractivity contribution is 5.88. The van der Waals surface area contributed by atoms with Gasteiger partial charge in [0.2, 0.25) is 11.8 Å². The molecule has 4 N–H and O–H groups in total. The molecule has 2 rings (SSSR count). The molecule has 0 spiro atoms. The first-order valence-electron chi connectivity index (χ1n) is 7.44. The van der Waals surface area contributed by atoms with Gasteiger partial charge in [0.15, 0.2) is 0 Å². The van der Waals surface area contributed by atoms with Crippen molar-refractivity contribution in [1.82, 2.24) is 10.6 Å². The first-order valence-corrected chi connectivity index (χ1v) is 7.44. The molecule has 21 heavy (non-hydrogen) atoms. The second kappa shape index (κ2) is 7.22. The van der Waals surface area contributed by atoms with Gasteiger partial charge in [-0.15, -0.1) is 0 Å². The summed E-state index contributed by atoms with van der Waals surface area (Å²) in [4.78, 5) is 24.0. The Kier molecular flexibility index (Phi) is 5.33. The fraction of sp³-hybridized carbons (Fsp3) is 0.500. The lowest BCUT2D eigenvalue weighted by Crippen LogP contribution is -2.46. The van der Waals surface area contributed by atoms with Gasteiger partial charge in [-0.3, -0.25) is 9.59 Å². The maximum absolute atomic E-state index is 12.0. The van der Waals surface area contributed by atoms with Gasteiger partial charge in [0.25, 0.3) is 0 Å². The summed E-state index contributed by atoms with van der Waals surface area (Å²) in [6.07, 6.45) is 2.40. The summed E-state index contributed by atoms with van der Waals surface area (Å²) in [6, 6.07) is 9.26. The van der Waals surface area contributed by atoms with Gasteiger partial charge in [-0.2, -0.15) is 0 Å². The van der Waals surface area contributed by atoms with Crippen LogP contribution >= 0.6 is 0 Å². The first-order chi connectivity index (χ1) is 10.1. The monoisotopic (exact) mass is 289 g/mol. The zero-order chi connectivity index (χ0) is 15.2. The van der Waals surface area contributed by atoms with E-state index < -0.39 is 6.04 Å². The van der Waals surface area contributed by atoms with E-state index in [0.717, 1.165) is 18.4 Å². The van der Waals surface area contributed by atoms with Crippen molar-refractivity contribution in [2.75, 3.05) is 0 Å². The molecule has 3 unspecified atom stereocenters. The molecule has 1 fully saturated rings. The normalized spacial score (nSPS) is 22.6. The van der Waals surface area contributed by atoms with E-state index in [9.17, 15) is 9.59 Å². The highest BCUT2D eigenvalue weighted by atomic mass is 16.2. The Morgan fingerprint density at radius 2 is 2.00 bits per heavy atom. The second-order valence-corrected chi connectivity index (χ2v) is 5.70. The lowest BCUT2D eigenvalue weighted by Gasteiger charge is -2.17. The number of rotatable bonds is 5. The van der Waals surface area contributed by atoms with Crippen molar-refractivity contribution in [1.29, 1.82) is 0 Å². The SMILES string of the molecule is CC(NC(=O)C1CCC(N)C1)C(=O)NCc1ccccc1. The zero-order valence-electron chi connectivity index (χ0n) is 12.3. The lowest BCUT2D eigenvalue weighted by molar-refractivity contribution is -0.130. The Bertz CT molecular complexity index is 490. The molecule has 0 aliphatic heterocycles. The van der Waals surface area contributed by atoms with Crippen LogP contribution in [0.3, 0.4) is 0 Å². The van der Waals surface area contributed by atoms with Gasteiger partial charge in [0.1, 0.15) is 6.04 Å². The maximum Gasteiger partial charge on any atom is 0.242 e. The molecule has 0 aromatic heterocycles. The van der Waals surface area contributed by atoms with Crippen LogP contribution in [0.5, 0.6) is 0 Å². The molecule has 1 aromatic rings. The molecule has 0 heterocycles. The molecule has 114 valence electrons. The number of hydrogen-bond acceptors (Lipinski definition) is 3. The molecule has 1 aromatic carbocycles. The van der Waals surface area contributed by atoms with Crippen LogP contribution in [-0.4, -0.2) is 23.9 Å². The Morgan fingerprint density at radius 1 is 1.29 bits per heavy atom. The Hall–Kier alpha value is -1.88. The first kappa shape index (κ1) is 15.5. The van der Waals surface area contributed by atoms with Crippen molar-refractivity contribution in [2.24, 2.45) is 11.7 Å². The predicted molar refractivity (Wildman–Crippen MR) is 81.2 cm³/mol. The summed E-state index contributed by atoms with van der Waals surface area (Å²) in [5.41, 5.74) is 6.84. The van der Waals surface area contributed by atoms with Crippen LogP contribution in [0, 0.1) is 5.92 Å². The molecule has 0 radical (unpaired) electrons. The molecule has 0 bridgehead atoms. The van der Waals surface area contributed by atoms with Crippen LogP contribution in [0.1, 0.15) is 31.7 Å². The van der Waals surface area contributed by atoms with Crippen LogP contribution in [-0.2, 0) is 16.1 Å². The average Bonchev–Trinajstić information content (AvgIpc) is 2.92. The summed E-state index contributed by atoms with van der Waals surface area (Å²) < 4.78 is 0. The molecule has 3 atom stereocenters. The number of carbonyl (C=O) groups excluding carboxylic acids is 2. The van der Waals surface area contributed by atoms with E-state index in [1.165, 1.54) is 0 Å². The van der Waals surface area contributed by atoms with E-state index in [-0.39, 0.29) is 23.8 Å². The van der Waals surface area contributed by atoms with E-state index in [4.69, 9.17) is 5.73 Å². The van der Waals surface area contributed by atoms with E-state index in [2.05, 4.69) is 10.6 Å². The van der Waals surface area contributed by atoms with Crippen molar-refractivity contribution in [2.45, 2.75) is 44.8 Å². The van der Waals surface area contributed by atoms with Gasteiger partial charge >= 0.3 is 0 Å². The van der Waals surface area contributed by atoms with E-state index >= 15 is 0 Å². The molecule has 5 nitrogen and oxygen atoms in total. The summed E-state index contributed by atoms with van der Waals surface area (Å²) in [6.45, 7) is 2.17. The average molecular weight is 289 g/mol. The van der Waals surface area contributed by atoms with Crippen LogP contribution in [0.15, 0.2) is 30.3 Å². The highest BCUT2D eigenvalue weighted by Gasteiger charge is 2.29. The molecule has 1 aliphatic carbocycles. The number of benzene rings is 1. The molecular weight excluding hydrogens is 266 g/mol. The second-order valence-electron chi connectivity index (χ2n) is 5.70. The quantitative estimate of drug-likeness (QED) is 0.754. The fourth-order valence-corrected chi connectivity index (χ4v) is 2.59. The smallest absolute Gasteiger partial charge is 0.242 e. The van der Waals surface area contributed by atoms with Crippen molar-refractivity contribution < 1.29 is 9.59 Å². The number of nitrogens with one attached hydrogen (secondary N) is 2. The van der Waals surface area contributed by atoms with Crippen molar-refractivity contribution in [3.8, 4) is 0 Å². The minimum atomic E-state index is -0.530. The van der Waals surface area contributed by atoms with Gasteiger partial charge in [-0.1, -0.05) is 30.3 Å². The van der Waals surface area contributed by atoms with Gasteiger partial charge < -0.3 is 16.4 Å². The maximum atomic E-state index is 12.0. The fourth-order valence-electron chi connectivity index (χ4n) is 2.59. The molecular formula is C16H23N3O2. The Balaban J connectivity index is 1.76. The predicted octanol–water partition coefficient (Wildman–Crippen LogP) is 0.935. The van der Waals surface area contributed by atoms with Crippen LogP contribution in [0.25, 0.3) is 0 Å². The number of hydrogen-bond donors (Lipinski definition) is 3. The summed E-state index contributed by atoms with van der Waals surface area (Å²) >= 11 is 0. The minimum Gasteiger partial charge on any atom is -0.350 e. The van der Waals surface area contributed by atoms with Crippen LogP contribution in [0.4, 0.5) is 0 Å². The van der Waals surface area contributed by atoms with Gasteiger partial charge in [0, 0.05) is 18.5 Å². The number of nitrogens with two attached hydrogens (primary N) is 1. The van der Waals surface area contributed by atoms with Gasteiger partial charge in [-0.25, -0.2) is 0 Å². The lowest BCUT2D eigenvalue weighted by atomic mass is 10.1. The summed E-state index contributed by atoms with van der Waals surface area (Å²) in [5, 5.41) is 5.60. The standard InChI is InChI=1S/C16H23N3O2/c1-11(19-16(21)13-7-8-14(17)9-13)15(20)18-10-12-5-3-2-4-6-12/h2-6,11,13-14H,7-10,17H2,1H3,(H,18,20)(H,19,21). The molecule has 0 saturated heterocycles. The topological polar surface area (TPSA) is 84.2 Å². The van der Waals surface area contributed by atoms with Crippen molar-refractivity contribution in [3.05, 3.63) is 35.9 Å². The molecule has 1 aliphatic rings. The van der Waals surface area contributed by atoms with E-state index in [1.54, 1.807) is 6.92 Å². The molecule has 5 heteroatoms. The van der Waals surface area contributed by atoms with Crippen molar-refractivity contribution >= 4 is 11.8 Å². The van der Waals surface area contributed by atoms with Gasteiger partial charge in [-0.05, 0) is 31.7 Å². The summed E-state index contributed by atoms with van der Waals surface area (Å²) in [5.74, 6) is -0.288. The number of amides is 2. The number of carbonyl (C=O) groups is 2. The largest absolute Gasteiger partial charge is 0.350 e. The van der Waals surface area contributed by atoms with E-state index in [0.29, 0.717) is 13.0 Å². The van der Waals surface area contributed by atoms with Crippen LogP contribution < -0.4 is 16.4 Å². The van der Waals surface area contributed by atoms with Crippen molar-refractivity contribution in [3.63, 3.8) is 0 Å². The minimum absolute atomic E-state index is 0.0515. The van der Waals surface area contributed by atoms with Crippen LogP contribution in [0.2, 0.25) is 0 Å². The van der Waals surface area contributed by atoms with E-state index in [1.807, 2.05) is 30.3 Å². The third-order valence-corrected chi connectivity index (χ3v) is 3.91. The summed E-state index contributed by atoms with van der Waals surface area (Å²) in [7, 11) is 0. The third-order valence-electron chi connectivity index (χ3n) is 3.91. The Morgan fingerprint density at radius 3 is 2.62 bits per heavy atom. The highest BCUT2D eigenvalue weighted by Crippen LogP contribution is 2.24. The molecule has 1 saturated carbocycles. The zero-order valence-corrected chi connectivity index (χ0v) is 12.3.